The van der Waals surface area contributed by atoms with E-state index in [1.807, 2.05) is 55.5 Å². The second-order valence-electron chi connectivity index (χ2n) is 7.99. The van der Waals surface area contributed by atoms with Gasteiger partial charge in [-0.05, 0) is 90.0 Å². The fraction of sp³-hybridized carbons (Fsp3) is 0.280. The molecule has 11 heteroatoms. The van der Waals surface area contributed by atoms with E-state index in [0.717, 1.165) is 33.4 Å². The van der Waals surface area contributed by atoms with Crippen LogP contribution in [0.4, 0.5) is 10.5 Å². The van der Waals surface area contributed by atoms with Crippen LogP contribution in [0.1, 0.15) is 22.3 Å². The van der Waals surface area contributed by atoms with Gasteiger partial charge in [0.05, 0.1) is 22.7 Å². The lowest BCUT2D eigenvalue weighted by molar-refractivity contribution is -0.143. The van der Waals surface area contributed by atoms with Crippen molar-refractivity contribution >= 4 is 69.1 Å². The van der Waals surface area contributed by atoms with Crippen molar-refractivity contribution in [3.63, 3.8) is 0 Å². The van der Waals surface area contributed by atoms with Crippen molar-refractivity contribution in [2.45, 2.75) is 20.8 Å². The van der Waals surface area contributed by atoms with E-state index in [1.165, 1.54) is 14.2 Å². The lowest BCUT2D eigenvalue weighted by atomic mass is 10.1. The number of amides is 3. The third kappa shape index (κ3) is 6.38. The molecular weight excluding hydrogens is 599 g/mol. The van der Waals surface area contributed by atoms with Crippen LogP contribution in [-0.2, 0) is 19.1 Å². The van der Waals surface area contributed by atoms with Gasteiger partial charge in [0.25, 0.3) is 11.1 Å². The number of methoxy groups -OCH3 is 2. The number of hydrogen-bond acceptors (Lipinski definition) is 8. The number of esters is 1. The van der Waals surface area contributed by atoms with E-state index < -0.39 is 29.6 Å². The van der Waals surface area contributed by atoms with Gasteiger partial charge in [-0.25, -0.2) is 4.79 Å². The van der Waals surface area contributed by atoms with Crippen LogP contribution in [-0.4, -0.2) is 55.3 Å². The molecule has 1 saturated heterocycles. The van der Waals surface area contributed by atoms with E-state index in [1.54, 1.807) is 18.2 Å². The molecule has 36 heavy (non-hydrogen) atoms. The number of carbonyl (C=O) groups excluding carboxylic acids is 4. The van der Waals surface area contributed by atoms with E-state index in [0.29, 0.717) is 26.3 Å². The molecule has 1 aliphatic rings. The number of halogens is 1. The van der Waals surface area contributed by atoms with Crippen molar-refractivity contribution in [2.24, 2.45) is 0 Å². The molecule has 0 radical (unpaired) electrons. The highest BCUT2D eigenvalue weighted by Gasteiger charge is 2.36. The van der Waals surface area contributed by atoms with Gasteiger partial charge in [-0.1, -0.05) is 17.7 Å². The van der Waals surface area contributed by atoms with Crippen molar-refractivity contribution in [2.75, 3.05) is 32.7 Å². The summed E-state index contributed by atoms with van der Waals surface area (Å²) in [5.74, 6) is -0.858. The smallest absolute Gasteiger partial charge is 0.343 e. The lowest BCUT2D eigenvalue weighted by Crippen LogP contribution is -2.36. The number of nitrogens with zero attached hydrogens (tertiary/aromatic N) is 1. The average Bonchev–Trinajstić information content (AvgIpc) is 3.07. The summed E-state index contributed by atoms with van der Waals surface area (Å²) in [5, 5.41) is 2.28. The van der Waals surface area contributed by atoms with Crippen LogP contribution < -0.4 is 14.8 Å². The molecule has 3 rings (SSSR count). The van der Waals surface area contributed by atoms with Crippen LogP contribution in [0.2, 0.25) is 0 Å². The van der Waals surface area contributed by atoms with Crippen LogP contribution in [0.15, 0.2) is 29.2 Å². The topological polar surface area (TPSA) is 111 Å². The van der Waals surface area contributed by atoms with Gasteiger partial charge in [0, 0.05) is 5.69 Å². The first-order chi connectivity index (χ1) is 17.0. The minimum absolute atomic E-state index is 0.177. The molecule has 2 aromatic carbocycles. The quantitative estimate of drug-likeness (QED) is 0.261. The second-order valence-corrected chi connectivity index (χ2v) is 10.1. The largest absolute Gasteiger partial charge is 0.493 e. The number of carbonyl (C=O) groups is 4. The molecular formula is C25H25IN2O7S. The number of imide groups is 1. The van der Waals surface area contributed by atoms with Crippen LogP contribution in [0.5, 0.6) is 11.5 Å². The highest BCUT2D eigenvalue weighted by Crippen LogP contribution is 2.37. The van der Waals surface area contributed by atoms with Gasteiger partial charge in [0.2, 0.25) is 5.91 Å². The molecule has 2 aromatic rings. The molecule has 0 atom stereocenters. The lowest BCUT2D eigenvalue weighted by Gasteiger charge is -2.16. The summed E-state index contributed by atoms with van der Waals surface area (Å²) >= 11 is 2.78. The number of nitrogens with one attached hydrogen (secondary N) is 1. The molecule has 9 nitrogen and oxygen atoms in total. The maximum absolute atomic E-state index is 12.9. The molecule has 1 aliphatic heterocycles. The normalized spacial score (nSPS) is 14.3. The fourth-order valence-electron chi connectivity index (χ4n) is 3.64. The predicted octanol–water partition coefficient (Wildman–Crippen LogP) is 4.45. The van der Waals surface area contributed by atoms with Crippen LogP contribution in [0, 0.1) is 24.3 Å². The molecule has 1 heterocycles. The summed E-state index contributed by atoms with van der Waals surface area (Å²) in [6, 6.07) is 7.25. The second kappa shape index (κ2) is 11.8. The number of benzene rings is 2. The third-order valence-corrected chi connectivity index (χ3v) is 6.94. The summed E-state index contributed by atoms with van der Waals surface area (Å²) in [7, 11) is 2.71. The zero-order valence-corrected chi connectivity index (χ0v) is 23.4. The number of anilines is 1. The summed E-state index contributed by atoms with van der Waals surface area (Å²) in [6.07, 6.45) is 1.55. The van der Waals surface area contributed by atoms with Crippen LogP contribution >= 0.6 is 34.4 Å². The third-order valence-electron chi connectivity index (χ3n) is 5.23. The predicted molar refractivity (Wildman–Crippen MR) is 145 cm³/mol. The Morgan fingerprint density at radius 2 is 1.75 bits per heavy atom. The molecule has 1 N–H and O–H groups in total. The Morgan fingerprint density at radius 1 is 1.08 bits per heavy atom. The summed E-state index contributed by atoms with van der Waals surface area (Å²) in [5.41, 5.74) is 4.13. The molecule has 0 spiro atoms. The van der Waals surface area contributed by atoms with E-state index >= 15 is 0 Å². The average molecular weight is 624 g/mol. The number of ether oxygens (including phenoxy) is 3. The molecule has 0 aromatic heterocycles. The molecule has 1 fully saturated rings. The van der Waals surface area contributed by atoms with Crippen LogP contribution in [0.3, 0.4) is 0 Å². The standard InChI is InChI=1S/C25H25IN2O7S/c1-13-6-14(2)22(15(3)7-13)27-20(29)11-28-24(31)19(36-25(28)32)10-16-8-17(26)23(18(9-16)33-4)35-12-21(30)34-5/h6-10H,11-12H2,1-5H3,(H,27,29)/b19-10-. The van der Waals surface area contributed by atoms with Crippen molar-refractivity contribution in [3.8, 4) is 11.5 Å². The highest BCUT2D eigenvalue weighted by molar-refractivity contribution is 14.1. The van der Waals surface area contributed by atoms with Crippen molar-refractivity contribution in [1.82, 2.24) is 4.90 Å². The van der Waals surface area contributed by atoms with Gasteiger partial charge in [0.15, 0.2) is 18.1 Å². The molecule has 0 saturated carbocycles. The van der Waals surface area contributed by atoms with Gasteiger partial charge in [0.1, 0.15) is 6.54 Å². The van der Waals surface area contributed by atoms with Gasteiger partial charge in [-0.3, -0.25) is 19.3 Å². The Hall–Kier alpha value is -3.06. The first-order valence-electron chi connectivity index (χ1n) is 10.7. The molecule has 0 bridgehead atoms. The number of hydrogen-bond donors (Lipinski definition) is 1. The summed E-state index contributed by atoms with van der Waals surface area (Å²) in [4.78, 5) is 50.6. The molecule has 0 aliphatic carbocycles. The SMILES string of the molecule is COC(=O)COc1c(I)cc(/C=C2\SC(=O)N(CC(=O)Nc3c(C)cc(C)cc3C)C2=O)cc1OC. The van der Waals surface area contributed by atoms with E-state index in [-0.39, 0.29) is 11.5 Å². The zero-order chi connectivity index (χ0) is 26.6. The van der Waals surface area contributed by atoms with Crippen molar-refractivity contribution in [1.29, 1.82) is 0 Å². The maximum Gasteiger partial charge on any atom is 0.343 e. The molecule has 0 unspecified atom stereocenters. The molecule has 3 amide bonds. The minimum atomic E-state index is -0.558. The highest BCUT2D eigenvalue weighted by atomic mass is 127. The Kier molecular flexibility index (Phi) is 9.01. The molecule has 190 valence electrons. The fourth-order valence-corrected chi connectivity index (χ4v) is 5.26. The van der Waals surface area contributed by atoms with Gasteiger partial charge in [-0.2, -0.15) is 0 Å². The minimum Gasteiger partial charge on any atom is -0.493 e. The van der Waals surface area contributed by atoms with Gasteiger partial charge in [-0.15, -0.1) is 0 Å². The van der Waals surface area contributed by atoms with Gasteiger partial charge < -0.3 is 19.5 Å². The number of rotatable bonds is 8. The number of thioether (sulfide) groups is 1. The first-order valence-corrected chi connectivity index (χ1v) is 12.6. The summed E-state index contributed by atoms with van der Waals surface area (Å²) < 4.78 is 16.1. The zero-order valence-electron chi connectivity index (χ0n) is 20.4. The number of aryl methyl sites for hydroxylation is 3. The Bertz CT molecular complexity index is 1250. The van der Waals surface area contributed by atoms with Gasteiger partial charge >= 0.3 is 5.97 Å². The van der Waals surface area contributed by atoms with E-state index in [2.05, 4.69) is 10.1 Å². The van der Waals surface area contributed by atoms with E-state index in [4.69, 9.17) is 9.47 Å². The van der Waals surface area contributed by atoms with Crippen molar-refractivity contribution in [3.05, 3.63) is 55.0 Å². The monoisotopic (exact) mass is 624 g/mol. The Balaban J connectivity index is 1.76. The van der Waals surface area contributed by atoms with Crippen molar-refractivity contribution < 1.29 is 33.4 Å². The Morgan fingerprint density at radius 3 is 2.36 bits per heavy atom. The maximum atomic E-state index is 12.9. The first kappa shape index (κ1) is 27.5. The Labute approximate surface area is 226 Å². The van der Waals surface area contributed by atoms with E-state index in [9.17, 15) is 19.2 Å². The summed E-state index contributed by atoms with van der Waals surface area (Å²) in [6.45, 7) is 5.07. The van der Waals surface area contributed by atoms with Crippen LogP contribution in [0.25, 0.3) is 6.08 Å².